The highest BCUT2D eigenvalue weighted by atomic mass is 79.9. The lowest BCUT2D eigenvalue weighted by molar-refractivity contribution is 0.843. The Bertz CT molecular complexity index is 565. The van der Waals surface area contributed by atoms with Gasteiger partial charge in [0.15, 0.2) is 0 Å². The van der Waals surface area contributed by atoms with Crippen molar-refractivity contribution in [1.29, 1.82) is 0 Å². The van der Waals surface area contributed by atoms with Crippen molar-refractivity contribution in [3.63, 3.8) is 0 Å². The smallest absolute Gasteiger partial charge is 0.128 e. The normalized spacial score (nSPS) is 12.0. The number of anilines is 2. The van der Waals surface area contributed by atoms with Crippen molar-refractivity contribution in [2.45, 2.75) is 26.8 Å². The van der Waals surface area contributed by atoms with Crippen LogP contribution >= 0.6 is 15.9 Å². The number of nitrogens with zero attached hydrogens (tertiary/aromatic N) is 2. The van der Waals surface area contributed by atoms with E-state index in [1.807, 2.05) is 12.3 Å². The fourth-order valence-electron chi connectivity index (χ4n) is 2.32. The second-order valence-corrected chi connectivity index (χ2v) is 5.91. The zero-order valence-corrected chi connectivity index (χ0v) is 14.4. The highest BCUT2D eigenvalue weighted by molar-refractivity contribution is 9.10. The molecule has 0 saturated carbocycles. The fourth-order valence-corrected chi connectivity index (χ4v) is 2.73. The van der Waals surface area contributed by atoms with Gasteiger partial charge in [0.05, 0.1) is 11.9 Å². The van der Waals surface area contributed by atoms with Crippen molar-refractivity contribution in [2.24, 2.45) is 0 Å². The average molecular weight is 348 g/mol. The predicted molar refractivity (Wildman–Crippen MR) is 94.0 cm³/mol. The number of nitrogens with one attached hydrogen (secondary N) is 1. The predicted octanol–water partition coefficient (Wildman–Crippen LogP) is 4.86. The van der Waals surface area contributed by atoms with Crippen LogP contribution < -0.4 is 10.2 Å². The summed E-state index contributed by atoms with van der Waals surface area (Å²) >= 11 is 3.51. The molecule has 112 valence electrons. The van der Waals surface area contributed by atoms with Crippen molar-refractivity contribution in [2.75, 3.05) is 23.3 Å². The van der Waals surface area contributed by atoms with Gasteiger partial charge in [-0.2, -0.15) is 0 Å². The summed E-state index contributed by atoms with van der Waals surface area (Å²) < 4.78 is 1.10. The highest BCUT2D eigenvalue weighted by Crippen LogP contribution is 2.22. The molecule has 1 unspecified atom stereocenters. The van der Waals surface area contributed by atoms with Gasteiger partial charge in [0.2, 0.25) is 0 Å². The molecule has 0 spiro atoms. The Morgan fingerprint density at radius 1 is 1.19 bits per heavy atom. The van der Waals surface area contributed by atoms with E-state index in [0.717, 1.165) is 29.1 Å². The summed E-state index contributed by atoms with van der Waals surface area (Å²) in [4.78, 5) is 6.78. The van der Waals surface area contributed by atoms with Gasteiger partial charge in [-0.05, 0) is 50.6 Å². The van der Waals surface area contributed by atoms with Crippen LogP contribution in [0.2, 0.25) is 0 Å². The summed E-state index contributed by atoms with van der Waals surface area (Å²) in [7, 11) is 0. The van der Waals surface area contributed by atoms with Crippen LogP contribution in [0.25, 0.3) is 0 Å². The maximum atomic E-state index is 4.54. The third-order valence-electron chi connectivity index (χ3n) is 3.57. The van der Waals surface area contributed by atoms with E-state index in [2.05, 4.69) is 82.2 Å². The quantitative estimate of drug-likeness (QED) is 0.808. The van der Waals surface area contributed by atoms with Crippen LogP contribution in [-0.2, 0) is 0 Å². The second kappa shape index (κ2) is 7.46. The first-order chi connectivity index (χ1) is 10.1. The summed E-state index contributed by atoms with van der Waals surface area (Å²) in [6, 6.07) is 12.8. The molecule has 0 aliphatic rings. The molecule has 2 rings (SSSR count). The lowest BCUT2D eigenvalue weighted by Crippen LogP contribution is -2.22. The molecule has 0 saturated heterocycles. The van der Waals surface area contributed by atoms with Gasteiger partial charge in [0.1, 0.15) is 5.82 Å². The number of rotatable bonds is 6. The molecule has 0 amide bonds. The monoisotopic (exact) mass is 347 g/mol. The van der Waals surface area contributed by atoms with Crippen LogP contribution in [0.15, 0.2) is 47.1 Å². The van der Waals surface area contributed by atoms with E-state index in [1.54, 1.807) is 0 Å². The molecule has 1 atom stereocenters. The minimum absolute atomic E-state index is 0.239. The van der Waals surface area contributed by atoms with E-state index in [9.17, 15) is 0 Å². The Hall–Kier alpha value is -1.55. The summed E-state index contributed by atoms with van der Waals surface area (Å²) in [6.07, 6.45) is 1.90. The van der Waals surface area contributed by atoms with Crippen molar-refractivity contribution >= 4 is 27.4 Å². The zero-order chi connectivity index (χ0) is 15.2. The lowest BCUT2D eigenvalue weighted by atomic mass is 10.1. The SMILES string of the molecule is CCN(CC)c1ccc(NC(C)c2cccc(Br)c2)cn1. The molecule has 3 nitrogen and oxygen atoms in total. The lowest BCUT2D eigenvalue weighted by Gasteiger charge is -2.21. The molecule has 0 bridgehead atoms. The van der Waals surface area contributed by atoms with Crippen LogP contribution in [0.3, 0.4) is 0 Å². The van der Waals surface area contributed by atoms with Gasteiger partial charge < -0.3 is 10.2 Å². The van der Waals surface area contributed by atoms with Gasteiger partial charge in [-0.3, -0.25) is 0 Å². The molecule has 1 heterocycles. The molecule has 1 N–H and O–H groups in total. The van der Waals surface area contributed by atoms with Crippen LogP contribution in [0.4, 0.5) is 11.5 Å². The van der Waals surface area contributed by atoms with E-state index in [4.69, 9.17) is 0 Å². The summed E-state index contributed by atoms with van der Waals surface area (Å²) in [5, 5.41) is 3.49. The minimum atomic E-state index is 0.239. The topological polar surface area (TPSA) is 28.2 Å². The summed E-state index contributed by atoms with van der Waals surface area (Å²) in [5.74, 6) is 1.03. The Kier molecular flexibility index (Phi) is 5.62. The molecule has 1 aromatic carbocycles. The van der Waals surface area contributed by atoms with Crippen LogP contribution in [-0.4, -0.2) is 18.1 Å². The molecular weight excluding hydrogens is 326 g/mol. The molecule has 0 aliphatic carbocycles. The van der Waals surface area contributed by atoms with Crippen LogP contribution in [0.1, 0.15) is 32.4 Å². The molecule has 0 fully saturated rings. The highest BCUT2D eigenvalue weighted by Gasteiger charge is 2.07. The first-order valence-corrected chi connectivity index (χ1v) is 8.16. The first kappa shape index (κ1) is 15.8. The molecule has 2 aromatic rings. The average Bonchev–Trinajstić information content (AvgIpc) is 2.50. The summed E-state index contributed by atoms with van der Waals surface area (Å²) in [6.45, 7) is 8.40. The Morgan fingerprint density at radius 3 is 2.52 bits per heavy atom. The number of benzene rings is 1. The molecule has 4 heteroatoms. The van der Waals surface area contributed by atoms with Gasteiger partial charge in [-0.15, -0.1) is 0 Å². The van der Waals surface area contributed by atoms with E-state index in [-0.39, 0.29) is 6.04 Å². The van der Waals surface area contributed by atoms with E-state index in [1.165, 1.54) is 5.56 Å². The molecular formula is C17H22BrN3. The maximum absolute atomic E-state index is 4.54. The Labute approximate surface area is 135 Å². The van der Waals surface area contributed by atoms with Gasteiger partial charge in [-0.25, -0.2) is 4.98 Å². The van der Waals surface area contributed by atoms with Crippen molar-refractivity contribution in [3.8, 4) is 0 Å². The van der Waals surface area contributed by atoms with Gasteiger partial charge in [0, 0.05) is 23.6 Å². The maximum Gasteiger partial charge on any atom is 0.128 e. The molecule has 1 aromatic heterocycles. The van der Waals surface area contributed by atoms with Crippen LogP contribution in [0, 0.1) is 0 Å². The number of pyridine rings is 1. The summed E-state index contributed by atoms with van der Waals surface area (Å²) in [5.41, 5.74) is 2.29. The Morgan fingerprint density at radius 2 is 1.95 bits per heavy atom. The largest absolute Gasteiger partial charge is 0.377 e. The van der Waals surface area contributed by atoms with E-state index < -0.39 is 0 Å². The third-order valence-corrected chi connectivity index (χ3v) is 4.06. The Balaban J connectivity index is 2.06. The second-order valence-electron chi connectivity index (χ2n) is 5.00. The minimum Gasteiger partial charge on any atom is -0.377 e. The molecule has 0 aliphatic heterocycles. The van der Waals surface area contributed by atoms with Crippen molar-refractivity contribution in [1.82, 2.24) is 4.98 Å². The zero-order valence-electron chi connectivity index (χ0n) is 12.8. The van der Waals surface area contributed by atoms with E-state index in [0.29, 0.717) is 0 Å². The van der Waals surface area contributed by atoms with Gasteiger partial charge >= 0.3 is 0 Å². The van der Waals surface area contributed by atoms with Crippen LogP contribution in [0.5, 0.6) is 0 Å². The van der Waals surface area contributed by atoms with Crippen molar-refractivity contribution in [3.05, 3.63) is 52.6 Å². The molecule has 0 radical (unpaired) electrons. The van der Waals surface area contributed by atoms with E-state index >= 15 is 0 Å². The number of aromatic nitrogens is 1. The third kappa shape index (κ3) is 4.21. The van der Waals surface area contributed by atoms with Crippen molar-refractivity contribution < 1.29 is 0 Å². The van der Waals surface area contributed by atoms with Gasteiger partial charge in [-0.1, -0.05) is 28.1 Å². The standard InChI is InChI=1S/C17H22BrN3/c1-4-21(5-2)17-10-9-16(12-19-17)20-13(3)14-7-6-8-15(18)11-14/h6-13,20H,4-5H2,1-3H3. The first-order valence-electron chi connectivity index (χ1n) is 7.37. The van der Waals surface area contributed by atoms with Gasteiger partial charge in [0.25, 0.3) is 0 Å². The number of halogens is 1. The number of hydrogen-bond donors (Lipinski definition) is 1. The number of hydrogen-bond acceptors (Lipinski definition) is 3. The molecule has 21 heavy (non-hydrogen) atoms. The fraction of sp³-hybridized carbons (Fsp3) is 0.353.